The maximum atomic E-state index is 12.1. The van der Waals surface area contributed by atoms with Crippen LogP contribution in [0.25, 0.3) is 0 Å². The second-order valence-corrected chi connectivity index (χ2v) is 5.59. The summed E-state index contributed by atoms with van der Waals surface area (Å²) in [6.07, 6.45) is -0.627. The fourth-order valence-electron chi connectivity index (χ4n) is 1.96. The molecule has 0 bridgehead atoms. The summed E-state index contributed by atoms with van der Waals surface area (Å²) >= 11 is 0. The number of hydrogen-bond acceptors (Lipinski definition) is 4. The molecule has 0 saturated carbocycles. The number of benzene rings is 1. The van der Waals surface area contributed by atoms with Crippen molar-refractivity contribution < 1.29 is 24.2 Å². The highest BCUT2D eigenvalue weighted by molar-refractivity contribution is 5.97. The van der Waals surface area contributed by atoms with Crippen molar-refractivity contribution in [3.8, 4) is 0 Å². The van der Waals surface area contributed by atoms with Crippen LogP contribution in [-0.2, 0) is 20.9 Å². The van der Waals surface area contributed by atoms with Crippen molar-refractivity contribution in [3.63, 3.8) is 0 Å². The van der Waals surface area contributed by atoms with Crippen molar-refractivity contribution in [1.29, 1.82) is 0 Å². The molecule has 1 atom stereocenters. The van der Waals surface area contributed by atoms with Crippen LogP contribution in [0.4, 0.5) is 4.79 Å². The molecule has 2 amide bonds. The van der Waals surface area contributed by atoms with Crippen LogP contribution in [0.2, 0.25) is 0 Å². The zero-order valence-corrected chi connectivity index (χ0v) is 13.5. The Hall–Kier alpha value is -2.57. The van der Waals surface area contributed by atoms with Gasteiger partial charge in [-0.3, -0.25) is 14.6 Å². The second kappa shape index (κ2) is 8.77. The van der Waals surface area contributed by atoms with E-state index in [9.17, 15) is 14.4 Å². The zero-order valence-electron chi connectivity index (χ0n) is 13.5. The summed E-state index contributed by atoms with van der Waals surface area (Å²) in [7, 11) is 1.29. The minimum absolute atomic E-state index is 0.0403. The van der Waals surface area contributed by atoms with Crippen molar-refractivity contribution >= 4 is 18.0 Å². The van der Waals surface area contributed by atoms with Crippen molar-refractivity contribution in [2.24, 2.45) is 11.8 Å². The summed E-state index contributed by atoms with van der Waals surface area (Å²) in [5, 5.41) is 9.99. The van der Waals surface area contributed by atoms with Gasteiger partial charge in [0.05, 0.1) is 0 Å². The highest BCUT2D eigenvalue weighted by Crippen LogP contribution is 2.14. The number of hydrogen-bond donors (Lipinski definition) is 2. The Bertz CT molecular complexity index is 545. The SMILES string of the molecule is CC(C)CC(C(=O)O)C(=O)N(C)NC(=O)OCc1ccccc1. The number of carbonyl (C=O) groups is 3. The first-order valence-corrected chi connectivity index (χ1v) is 7.29. The van der Waals surface area contributed by atoms with Gasteiger partial charge in [0.15, 0.2) is 0 Å². The molecule has 2 N–H and O–H groups in total. The molecule has 1 rings (SSSR count). The molecule has 7 heteroatoms. The van der Waals surface area contributed by atoms with Gasteiger partial charge in [-0.15, -0.1) is 0 Å². The van der Waals surface area contributed by atoms with Crippen LogP contribution < -0.4 is 5.43 Å². The molecule has 0 aliphatic carbocycles. The van der Waals surface area contributed by atoms with Gasteiger partial charge >= 0.3 is 12.1 Å². The number of nitrogens with zero attached hydrogens (tertiary/aromatic N) is 1. The third-order valence-electron chi connectivity index (χ3n) is 3.11. The molecule has 1 aromatic carbocycles. The lowest BCUT2D eigenvalue weighted by molar-refractivity contribution is -0.152. The summed E-state index contributed by atoms with van der Waals surface area (Å²) in [4.78, 5) is 35.0. The Morgan fingerprint density at radius 2 is 1.83 bits per heavy atom. The van der Waals surface area contributed by atoms with Crippen LogP contribution in [-0.4, -0.2) is 35.1 Å². The van der Waals surface area contributed by atoms with E-state index in [0.717, 1.165) is 10.6 Å². The maximum absolute atomic E-state index is 12.1. The van der Waals surface area contributed by atoms with E-state index in [-0.39, 0.29) is 18.9 Å². The summed E-state index contributed by atoms with van der Waals surface area (Å²) < 4.78 is 4.98. The van der Waals surface area contributed by atoms with E-state index in [4.69, 9.17) is 9.84 Å². The van der Waals surface area contributed by atoms with E-state index in [2.05, 4.69) is 5.43 Å². The molecule has 0 radical (unpaired) electrons. The van der Waals surface area contributed by atoms with E-state index in [1.54, 1.807) is 12.1 Å². The van der Waals surface area contributed by atoms with Gasteiger partial charge in [0.25, 0.3) is 5.91 Å². The molecule has 0 aromatic heterocycles. The molecule has 126 valence electrons. The summed E-state index contributed by atoms with van der Waals surface area (Å²) in [5.74, 6) is -3.06. The van der Waals surface area contributed by atoms with Crippen LogP contribution in [0, 0.1) is 11.8 Å². The minimum Gasteiger partial charge on any atom is -0.481 e. The molecular weight excluding hydrogens is 300 g/mol. The van der Waals surface area contributed by atoms with Gasteiger partial charge < -0.3 is 9.84 Å². The molecule has 1 aromatic rings. The van der Waals surface area contributed by atoms with Gasteiger partial charge in [-0.05, 0) is 17.9 Å². The lowest BCUT2D eigenvalue weighted by Gasteiger charge is -2.22. The second-order valence-electron chi connectivity index (χ2n) is 5.59. The third-order valence-corrected chi connectivity index (χ3v) is 3.11. The van der Waals surface area contributed by atoms with Gasteiger partial charge in [0.2, 0.25) is 0 Å². The van der Waals surface area contributed by atoms with Crippen LogP contribution in [0.1, 0.15) is 25.8 Å². The lowest BCUT2D eigenvalue weighted by atomic mass is 9.96. The smallest absolute Gasteiger partial charge is 0.426 e. The number of hydrazine groups is 1. The fraction of sp³-hybridized carbons (Fsp3) is 0.438. The third kappa shape index (κ3) is 6.37. The number of ether oxygens (including phenoxy) is 1. The van der Waals surface area contributed by atoms with Crippen molar-refractivity contribution in [2.45, 2.75) is 26.9 Å². The minimum atomic E-state index is -1.21. The Labute approximate surface area is 135 Å². The molecule has 0 heterocycles. The number of aliphatic carboxylic acids is 1. The largest absolute Gasteiger partial charge is 0.481 e. The predicted molar refractivity (Wildman–Crippen MR) is 83.1 cm³/mol. The average Bonchev–Trinajstić information content (AvgIpc) is 2.50. The Morgan fingerprint density at radius 1 is 1.22 bits per heavy atom. The predicted octanol–water partition coefficient (Wildman–Crippen LogP) is 2.03. The molecule has 1 unspecified atom stereocenters. The van der Waals surface area contributed by atoms with E-state index < -0.39 is 23.9 Å². The van der Waals surface area contributed by atoms with E-state index >= 15 is 0 Å². The number of nitrogens with one attached hydrogen (secondary N) is 1. The monoisotopic (exact) mass is 322 g/mol. The Morgan fingerprint density at radius 3 is 2.35 bits per heavy atom. The number of amides is 2. The zero-order chi connectivity index (χ0) is 17.4. The quantitative estimate of drug-likeness (QED) is 0.617. The number of carboxylic acids is 1. The van der Waals surface area contributed by atoms with Gasteiger partial charge in [-0.1, -0.05) is 44.2 Å². The molecule has 0 fully saturated rings. The highest BCUT2D eigenvalue weighted by atomic mass is 16.6. The number of rotatable bonds is 6. The molecule has 7 nitrogen and oxygen atoms in total. The summed E-state index contributed by atoms with van der Waals surface area (Å²) in [6.45, 7) is 3.71. The normalized spacial score (nSPS) is 11.7. The first-order valence-electron chi connectivity index (χ1n) is 7.29. The molecule has 0 spiro atoms. The highest BCUT2D eigenvalue weighted by Gasteiger charge is 2.30. The number of carboxylic acid groups (broad SMARTS) is 1. The van der Waals surface area contributed by atoms with Crippen LogP contribution in [0.3, 0.4) is 0 Å². The van der Waals surface area contributed by atoms with Crippen molar-refractivity contribution in [1.82, 2.24) is 10.4 Å². The van der Waals surface area contributed by atoms with Crippen LogP contribution in [0.5, 0.6) is 0 Å². The van der Waals surface area contributed by atoms with Crippen LogP contribution >= 0.6 is 0 Å². The van der Waals surface area contributed by atoms with E-state index in [1.165, 1.54) is 7.05 Å². The molecule has 0 aliphatic rings. The molecular formula is C16H22N2O5. The fourth-order valence-corrected chi connectivity index (χ4v) is 1.96. The van der Waals surface area contributed by atoms with Crippen LogP contribution in [0.15, 0.2) is 30.3 Å². The first-order chi connectivity index (χ1) is 10.8. The van der Waals surface area contributed by atoms with Gasteiger partial charge in [0, 0.05) is 7.05 Å². The molecule has 23 heavy (non-hydrogen) atoms. The van der Waals surface area contributed by atoms with Gasteiger partial charge in [0.1, 0.15) is 12.5 Å². The molecule has 0 saturated heterocycles. The summed E-state index contributed by atoms with van der Waals surface area (Å²) in [6, 6.07) is 9.07. The maximum Gasteiger partial charge on any atom is 0.426 e. The van der Waals surface area contributed by atoms with E-state index in [1.807, 2.05) is 32.0 Å². The number of carbonyl (C=O) groups excluding carboxylic acids is 2. The standard InChI is InChI=1S/C16H22N2O5/c1-11(2)9-13(15(20)21)14(19)18(3)17-16(22)23-10-12-7-5-4-6-8-12/h4-8,11,13H,9-10H2,1-3H3,(H,17,22)(H,20,21). The van der Waals surface area contributed by atoms with E-state index in [0.29, 0.717) is 0 Å². The Kier molecular flexibility index (Phi) is 7.05. The van der Waals surface area contributed by atoms with Gasteiger partial charge in [-0.2, -0.15) is 0 Å². The topological polar surface area (TPSA) is 95.9 Å². The Balaban J connectivity index is 2.52. The first kappa shape index (κ1) is 18.5. The molecule has 0 aliphatic heterocycles. The average molecular weight is 322 g/mol. The summed E-state index contributed by atoms with van der Waals surface area (Å²) in [5.41, 5.74) is 3.02. The van der Waals surface area contributed by atoms with Crippen molar-refractivity contribution in [3.05, 3.63) is 35.9 Å². The lowest BCUT2D eigenvalue weighted by Crippen LogP contribution is -2.48. The van der Waals surface area contributed by atoms with Gasteiger partial charge in [-0.25, -0.2) is 10.2 Å². The van der Waals surface area contributed by atoms with Crippen molar-refractivity contribution in [2.75, 3.05) is 7.05 Å².